The average molecular weight is 1030 g/mol. The highest BCUT2D eigenvalue weighted by Gasteiger charge is 2.70. The smallest absolute Gasteiger partial charge is 0.312 e. The standard InChI is InChI=1S/C57H75N3O14/c1-32(61)69-31-44-46(71-33(2)62)47(72-34(3)63)48(73-35(4)64)50(74-44)60-29-37(58-59-60)30-70-51(67)54(8)24-23-53(7)25-26-56(10)40(41(53)28-54)27-43(66)49-55(9)21-19-39(52(5,6)45(55)20-22-57(49,56)11)42(65)18-15-36-13-16-38(68-12)17-14-36/h13-18,27,29,39,41,44-50H,19-26,28,30-31H2,1-12H3/b18-15+/t39-,41-,44+,45?,46-,47-,48+,49-,50?,53-,54+,55+,56-,57-/m1/s1. The van der Waals surface area contributed by atoms with E-state index in [9.17, 15) is 28.8 Å². The second-order valence-corrected chi connectivity index (χ2v) is 24.0. The van der Waals surface area contributed by atoms with E-state index in [1.807, 2.05) is 43.3 Å². The predicted molar refractivity (Wildman–Crippen MR) is 267 cm³/mol. The summed E-state index contributed by atoms with van der Waals surface area (Å²) in [4.78, 5) is 92.6. The van der Waals surface area contributed by atoms with E-state index in [1.54, 1.807) is 13.2 Å². The van der Waals surface area contributed by atoms with Crippen LogP contribution in [0.2, 0.25) is 0 Å². The van der Waals surface area contributed by atoms with Gasteiger partial charge in [0.25, 0.3) is 0 Å². The van der Waals surface area contributed by atoms with Gasteiger partial charge >= 0.3 is 29.8 Å². The lowest BCUT2D eigenvalue weighted by atomic mass is 9.33. The maximum Gasteiger partial charge on any atom is 0.312 e. The highest BCUT2D eigenvalue weighted by Crippen LogP contribution is 2.75. The molecule has 17 nitrogen and oxygen atoms in total. The zero-order valence-electron chi connectivity index (χ0n) is 45.2. The molecule has 1 saturated heterocycles. The van der Waals surface area contributed by atoms with Crippen molar-refractivity contribution in [1.82, 2.24) is 15.0 Å². The Bertz CT molecular complexity index is 2620. The number of hydrogen-bond acceptors (Lipinski definition) is 16. The molecule has 0 radical (unpaired) electrons. The summed E-state index contributed by atoms with van der Waals surface area (Å²) in [6.07, 6.45) is 7.48. The summed E-state index contributed by atoms with van der Waals surface area (Å²) in [7, 11) is 1.63. The first-order valence-corrected chi connectivity index (χ1v) is 26.2. The summed E-state index contributed by atoms with van der Waals surface area (Å²) in [6, 6.07) is 7.66. The monoisotopic (exact) mass is 1030 g/mol. The molecule has 1 aromatic heterocycles. The summed E-state index contributed by atoms with van der Waals surface area (Å²) >= 11 is 0. The molecule has 6 aliphatic rings. The summed E-state index contributed by atoms with van der Waals surface area (Å²) in [5.41, 5.74) is 0.0478. The zero-order valence-corrected chi connectivity index (χ0v) is 45.2. The summed E-state index contributed by atoms with van der Waals surface area (Å²) in [5.74, 6) is -2.52. The van der Waals surface area contributed by atoms with E-state index < -0.39 is 72.5 Å². The largest absolute Gasteiger partial charge is 0.497 e. The second-order valence-electron chi connectivity index (χ2n) is 24.0. The van der Waals surface area contributed by atoms with Gasteiger partial charge < -0.3 is 33.2 Å². The van der Waals surface area contributed by atoms with Gasteiger partial charge in [0.2, 0.25) is 0 Å². The molecule has 2 unspecified atom stereocenters. The van der Waals surface area contributed by atoms with E-state index in [1.165, 1.54) is 17.8 Å². The molecule has 5 fully saturated rings. The minimum atomic E-state index is -1.41. The van der Waals surface area contributed by atoms with Crippen molar-refractivity contribution in [2.45, 2.75) is 171 Å². The van der Waals surface area contributed by atoms with Crippen LogP contribution in [-0.2, 0) is 68.6 Å². The van der Waals surface area contributed by atoms with Gasteiger partial charge in [0.15, 0.2) is 36.1 Å². The molecule has 0 spiro atoms. The molecule has 5 aliphatic carbocycles. The van der Waals surface area contributed by atoms with E-state index in [0.29, 0.717) is 19.3 Å². The number of rotatable bonds is 13. The Morgan fingerprint density at radius 3 is 2.07 bits per heavy atom. The molecule has 0 N–H and O–H groups in total. The molecular formula is C57H75N3O14. The molecule has 8 rings (SSSR count). The maximum atomic E-state index is 15.2. The molecule has 17 heteroatoms. The van der Waals surface area contributed by atoms with Gasteiger partial charge in [0, 0.05) is 39.5 Å². The SMILES string of the molecule is COc1ccc(/C=C/C(=O)[C@H]2CC[C@@]3(C)C(CC[C@]4(C)[C@@H]3C(=O)C=C3[C@H]5C[C@@](C)(C(=O)OCc6cn(C7O[C@@H](COC(C)=O)[C@@H](OC(C)=O)[C@@H](OC(C)=O)[C@@H]7OC(C)=O)nn6)CC[C@]5(C)CC[C@]34C)C2(C)C)cc1. The van der Waals surface area contributed by atoms with Crippen LogP contribution in [-0.4, -0.2) is 94.5 Å². The molecule has 1 aliphatic heterocycles. The second kappa shape index (κ2) is 20.1. The molecule has 402 valence electrons. The fraction of sp³-hybridized carbons (Fsp3) is 0.667. The number of ether oxygens (including phenoxy) is 7. The number of aromatic nitrogens is 3. The van der Waals surface area contributed by atoms with Crippen LogP contribution in [0.15, 0.2) is 48.2 Å². The average Bonchev–Trinajstić information content (AvgIpc) is 3.80. The Morgan fingerprint density at radius 1 is 0.770 bits per heavy atom. The number of allylic oxidation sites excluding steroid dienone is 3. The quantitative estimate of drug-likeness (QED) is 0.104. The van der Waals surface area contributed by atoms with Gasteiger partial charge in [0.05, 0.1) is 18.7 Å². The van der Waals surface area contributed by atoms with Crippen LogP contribution in [0.1, 0.15) is 151 Å². The molecule has 2 aromatic rings. The number of hydrogen-bond donors (Lipinski definition) is 0. The summed E-state index contributed by atoms with van der Waals surface area (Å²) in [5, 5.41) is 8.45. The van der Waals surface area contributed by atoms with Crippen molar-refractivity contribution in [3.8, 4) is 5.75 Å². The fourth-order valence-electron chi connectivity index (χ4n) is 15.1. The summed E-state index contributed by atoms with van der Waals surface area (Å²) < 4.78 is 40.7. The van der Waals surface area contributed by atoms with Crippen LogP contribution < -0.4 is 4.74 Å². The minimum absolute atomic E-state index is 0.0365. The van der Waals surface area contributed by atoms with Crippen LogP contribution >= 0.6 is 0 Å². The number of esters is 5. The Morgan fingerprint density at radius 2 is 1.42 bits per heavy atom. The van der Waals surface area contributed by atoms with Gasteiger partial charge in [-0.25, -0.2) is 4.68 Å². The molecule has 1 aromatic carbocycles. The molecule has 2 heterocycles. The first kappa shape index (κ1) is 54.5. The molecule has 74 heavy (non-hydrogen) atoms. The normalized spacial score (nSPS) is 37.1. The number of carbonyl (C=O) groups is 7. The number of nitrogens with zero attached hydrogens (tertiary/aromatic N) is 3. The zero-order chi connectivity index (χ0) is 53.9. The maximum absolute atomic E-state index is 15.2. The third-order valence-corrected chi connectivity index (χ3v) is 19.1. The number of methoxy groups -OCH3 is 1. The van der Waals surface area contributed by atoms with Gasteiger partial charge in [-0.2, -0.15) is 0 Å². The van der Waals surface area contributed by atoms with E-state index in [4.69, 9.17) is 33.2 Å². The highest BCUT2D eigenvalue weighted by atomic mass is 16.7. The number of fused-ring (bicyclic) bond motifs is 7. The number of ketones is 2. The van der Waals surface area contributed by atoms with Gasteiger partial charge in [-0.05, 0) is 133 Å². The lowest BCUT2D eigenvalue weighted by molar-refractivity contribution is -0.270. The van der Waals surface area contributed by atoms with Crippen molar-refractivity contribution in [3.05, 3.63) is 59.4 Å². The number of benzene rings is 1. The van der Waals surface area contributed by atoms with Crippen molar-refractivity contribution < 1.29 is 66.7 Å². The third-order valence-electron chi connectivity index (χ3n) is 19.1. The van der Waals surface area contributed by atoms with Crippen molar-refractivity contribution in [1.29, 1.82) is 0 Å². The van der Waals surface area contributed by atoms with E-state index >= 15 is 4.79 Å². The first-order chi connectivity index (χ1) is 34.7. The van der Waals surface area contributed by atoms with Crippen molar-refractivity contribution in [3.63, 3.8) is 0 Å². The van der Waals surface area contributed by atoms with Gasteiger partial charge in [0.1, 0.15) is 30.8 Å². The topological polar surface area (TPSA) is 215 Å². The molecule has 14 atom stereocenters. The Balaban J connectivity index is 0.994. The van der Waals surface area contributed by atoms with Crippen LogP contribution in [0, 0.1) is 56.2 Å². The summed E-state index contributed by atoms with van der Waals surface area (Å²) in [6.45, 7) is 19.8. The van der Waals surface area contributed by atoms with Gasteiger partial charge in [-0.1, -0.05) is 70.5 Å². The van der Waals surface area contributed by atoms with E-state index in [2.05, 4.69) is 51.9 Å². The first-order valence-electron chi connectivity index (χ1n) is 26.2. The Labute approximate surface area is 434 Å². The predicted octanol–water partition coefficient (Wildman–Crippen LogP) is 8.46. The van der Waals surface area contributed by atoms with Crippen molar-refractivity contribution in [2.24, 2.45) is 56.2 Å². The Hall–Kier alpha value is -5.71. The molecule has 4 saturated carbocycles. The fourth-order valence-corrected chi connectivity index (χ4v) is 15.1. The van der Waals surface area contributed by atoms with Gasteiger partial charge in [-0.3, -0.25) is 33.6 Å². The van der Waals surface area contributed by atoms with Crippen LogP contribution in [0.3, 0.4) is 0 Å². The molecule has 0 bridgehead atoms. The van der Waals surface area contributed by atoms with Crippen molar-refractivity contribution >= 4 is 47.5 Å². The van der Waals surface area contributed by atoms with Crippen LogP contribution in [0.25, 0.3) is 6.08 Å². The molecular weight excluding hydrogens is 951 g/mol. The van der Waals surface area contributed by atoms with Gasteiger partial charge in [-0.15, -0.1) is 5.10 Å². The van der Waals surface area contributed by atoms with E-state index in [0.717, 1.165) is 76.2 Å². The highest BCUT2D eigenvalue weighted by molar-refractivity contribution is 5.97. The van der Waals surface area contributed by atoms with Crippen molar-refractivity contribution in [2.75, 3.05) is 13.7 Å². The molecule has 0 amide bonds. The Kier molecular flexibility index (Phi) is 14.8. The third kappa shape index (κ3) is 9.74. The lowest BCUT2D eigenvalue weighted by Crippen LogP contribution is -2.66. The lowest BCUT2D eigenvalue weighted by Gasteiger charge is -2.70. The van der Waals surface area contributed by atoms with E-state index in [-0.39, 0.29) is 74.6 Å². The van der Waals surface area contributed by atoms with Crippen LogP contribution in [0.5, 0.6) is 5.75 Å². The number of carbonyl (C=O) groups excluding carboxylic acids is 7. The van der Waals surface area contributed by atoms with Crippen LogP contribution in [0.4, 0.5) is 0 Å². The minimum Gasteiger partial charge on any atom is -0.497 e.